The summed E-state index contributed by atoms with van der Waals surface area (Å²) in [4.78, 5) is 17.3. The standard InChI is InChI=1S/C19H32ClN5O3S/c1-13(2)24-9-11-25(12-10-24)19(26)15-5-7-16(8-6-15)22-29(27,28)17-14(3)21-23(4)18(17)20/h13,15-16,22H,5-12H2,1-4H3/t15-,16-. The Bertz CT molecular complexity index is 838. The normalized spacial score (nSPS) is 24.3. The van der Waals surface area contributed by atoms with Crippen molar-refractivity contribution in [2.45, 2.75) is 63.4 Å². The molecular weight excluding hydrogens is 414 g/mol. The first-order valence-corrected chi connectivity index (χ1v) is 12.2. The Hall–Kier alpha value is -1.16. The second kappa shape index (κ2) is 8.91. The molecule has 1 aliphatic heterocycles. The van der Waals surface area contributed by atoms with Crippen LogP contribution in [0.15, 0.2) is 4.90 Å². The monoisotopic (exact) mass is 445 g/mol. The Labute approximate surface area is 178 Å². The van der Waals surface area contributed by atoms with E-state index in [0.29, 0.717) is 37.4 Å². The third kappa shape index (κ3) is 4.95. The fourth-order valence-corrected chi connectivity index (χ4v) is 6.42. The minimum absolute atomic E-state index is 0.00919. The van der Waals surface area contributed by atoms with E-state index in [1.807, 2.05) is 4.90 Å². The number of nitrogens with zero attached hydrogens (tertiary/aromatic N) is 4. The third-order valence-electron chi connectivity index (χ3n) is 6.12. The van der Waals surface area contributed by atoms with Crippen molar-refractivity contribution in [1.29, 1.82) is 0 Å². The number of hydrogen-bond donors (Lipinski definition) is 1. The van der Waals surface area contributed by atoms with Crippen LogP contribution >= 0.6 is 11.6 Å². The van der Waals surface area contributed by atoms with E-state index in [0.717, 1.165) is 26.2 Å². The van der Waals surface area contributed by atoms with Crippen LogP contribution in [0.2, 0.25) is 5.15 Å². The lowest BCUT2D eigenvalue weighted by molar-refractivity contribution is -0.138. The Balaban J connectivity index is 1.53. The number of piperazine rings is 1. The van der Waals surface area contributed by atoms with Crippen molar-refractivity contribution in [2.24, 2.45) is 13.0 Å². The van der Waals surface area contributed by atoms with Gasteiger partial charge < -0.3 is 4.90 Å². The maximum Gasteiger partial charge on any atom is 0.245 e. The van der Waals surface area contributed by atoms with Crippen LogP contribution in [-0.4, -0.2) is 72.2 Å². The van der Waals surface area contributed by atoms with Crippen molar-refractivity contribution in [3.63, 3.8) is 0 Å². The summed E-state index contributed by atoms with van der Waals surface area (Å²) >= 11 is 6.12. The first-order chi connectivity index (χ1) is 13.6. The van der Waals surface area contributed by atoms with Gasteiger partial charge in [-0.05, 0) is 46.5 Å². The summed E-state index contributed by atoms with van der Waals surface area (Å²) in [6.45, 7) is 9.40. The highest BCUT2D eigenvalue weighted by Gasteiger charge is 2.34. The minimum Gasteiger partial charge on any atom is -0.340 e. The lowest BCUT2D eigenvalue weighted by atomic mass is 9.85. The first kappa shape index (κ1) is 22.5. The molecule has 10 heteroatoms. The highest BCUT2D eigenvalue weighted by atomic mass is 35.5. The number of nitrogens with one attached hydrogen (secondary N) is 1. The molecule has 0 unspecified atom stereocenters. The summed E-state index contributed by atoms with van der Waals surface area (Å²) in [7, 11) is -2.12. The van der Waals surface area contributed by atoms with Crippen LogP contribution in [0.1, 0.15) is 45.2 Å². The number of sulfonamides is 1. The predicted molar refractivity (Wildman–Crippen MR) is 112 cm³/mol. The van der Waals surface area contributed by atoms with Crippen molar-refractivity contribution < 1.29 is 13.2 Å². The molecule has 2 fully saturated rings. The molecule has 1 amide bonds. The van der Waals surface area contributed by atoms with Gasteiger partial charge in [-0.25, -0.2) is 13.1 Å². The quantitative estimate of drug-likeness (QED) is 0.746. The molecular formula is C19H32ClN5O3S. The topological polar surface area (TPSA) is 87.5 Å². The smallest absolute Gasteiger partial charge is 0.245 e. The Morgan fingerprint density at radius 2 is 1.72 bits per heavy atom. The molecule has 29 heavy (non-hydrogen) atoms. The van der Waals surface area contributed by atoms with Crippen molar-refractivity contribution in [3.8, 4) is 0 Å². The van der Waals surface area contributed by atoms with Crippen LogP contribution in [0, 0.1) is 12.8 Å². The number of rotatable bonds is 5. The zero-order valence-corrected chi connectivity index (χ0v) is 19.3. The van der Waals surface area contributed by atoms with Gasteiger partial charge in [-0.15, -0.1) is 0 Å². The van der Waals surface area contributed by atoms with Gasteiger partial charge >= 0.3 is 0 Å². The van der Waals surface area contributed by atoms with Crippen molar-refractivity contribution >= 4 is 27.5 Å². The van der Waals surface area contributed by atoms with Crippen LogP contribution in [0.4, 0.5) is 0 Å². The van der Waals surface area contributed by atoms with Gasteiger partial charge in [0.05, 0.1) is 5.69 Å². The number of carbonyl (C=O) groups excluding carboxylic acids is 1. The van der Waals surface area contributed by atoms with Crippen LogP contribution in [-0.2, 0) is 21.9 Å². The number of aryl methyl sites for hydroxylation is 2. The first-order valence-electron chi connectivity index (χ1n) is 10.3. The minimum atomic E-state index is -3.74. The Morgan fingerprint density at radius 3 is 2.21 bits per heavy atom. The number of aromatic nitrogens is 2. The van der Waals surface area contributed by atoms with E-state index in [9.17, 15) is 13.2 Å². The summed E-state index contributed by atoms with van der Waals surface area (Å²) in [6, 6.07) is 0.324. The van der Waals surface area contributed by atoms with Gasteiger partial charge in [0.15, 0.2) is 0 Å². The maximum absolute atomic E-state index is 12.9. The van der Waals surface area contributed by atoms with Gasteiger partial charge in [-0.1, -0.05) is 11.6 Å². The molecule has 1 saturated heterocycles. The second-order valence-corrected chi connectivity index (χ2v) is 10.5. The van der Waals surface area contributed by atoms with Crippen LogP contribution < -0.4 is 4.72 Å². The van der Waals surface area contributed by atoms with E-state index in [1.165, 1.54) is 4.68 Å². The highest BCUT2D eigenvalue weighted by molar-refractivity contribution is 7.89. The number of hydrogen-bond acceptors (Lipinski definition) is 5. The zero-order chi connectivity index (χ0) is 21.3. The second-order valence-electron chi connectivity index (χ2n) is 8.45. The van der Waals surface area contributed by atoms with E-state index in [2.05, 4.69) is 28.6 Å². The molecule has 1 saturated carbocycles. The van der Waals surface area contributed by atoms with E-state index < -0.39 is 10.0 Å². The highest BCUT2D eigenvalue weighted by Crippen LogP contribution is 2.29. The molecule has 0 spiro atoms. The molecule has 0 atom stereocenters. The fourth-order valence-electron chi connectivity index (χ4n) is 4.37. The number of halogens is 1. The largest absolute Gasteiger partial charge is 0.340 e. The molecule has 1 aliphatic carbocycles. The SMILES string of the molecule is Cc1nn(C)c(Cl)c1S(=O)(=O)N[C@H]1CC[C@H](C(=O)N2CCN(C(C)C)CC2)CC1. The maximum atomic E-state index is 12.9. The molecule has 2 heterocycles. The molecule has 3 rings (SSSR count). The lowest BCUT2D eigenvalue weighted by Gasteiger charge is -2.39. The van der Waals surface area contributed by atoms with E-state index in [1.54, 1.807) is 14.0 Å². The van der Waals surface area contributed by atoms with E-state index in [4.69, 9.17) is 11.6 Å². The summed E-state index contributed by atoms with van der Waals surface area (Å²) in [5.41, 5.74) is 0.384. The van der Waals surface area contributed by atoms with Gasteiger partial charge in [0.1, 0.15) is 10.0 Å². The number of carbonyl (C=O) groups is 1. The van der Waals surface area contributed by atoms with Crippen molar-refractivity contribution in [2.75, 3.05) is 26.2 Å². The zero-order valence-electron chi connectivity index (χ0n) is 17.7. The van der Waals surface area contributed by atoms with E-state index >= 15 is 0 Å². The summed E-state index contributed by atoms with van der Waals surface area (Å²) in [5.74, 6) is 0.214. The molecule has 8 nitrogen and oxygen atoms in total. The average molecular weight is 446 g/mol. The van der Waals surface area contributed by atoms with Crippen molar-refractivity contribution in [3.05, 3.63) is 10.8 Å². The van der Waals surface area contributed by atoms with Crippen LogP contribution in [0.3, 0.4) is 0 Å². The van der Waals surface area contributed by atoms with Crippen LogP contribution in [0.5, 0.6) is 0 Å². The van der Waals surface area contributed by atoms with Gasteiger partial charge in [-0.2, -0.15) is 5.10 Å². The molecule has 1 aromatic rings. The number of amides is 1. The molecule has 2 aliphatic rings. The molecule has 0 aromatic carbocycles. The van der Waals surface area contributed by atoms with Gasteiger partial charge in [0, 0.05) is 51.2 Å². The average Bonchev–Trinajstić information content (AvgIpc) is 2.94. The Kier molecular flexibility index (Phi) is 6.92. The van der Waals surface area contributed by atoms with Gasteiger partial charge in [0.25, 0.3) is 0 Å². The molecule has 1 N–H and O–H groups in total. The summed E-state index contributed by atoms with van der Waals surface area (Å²) < 4.78 is 29.7. The lowest BCUT2D eigenvalue weighted by Crippen LogP contribution is -2.52. The van der Waals surface area contributed by atoms with Gasteiger partial charge in [-0.3, -0.25) is 14.4 Å². The molecule has 164 valence electrons. The summed E-state index contributed by atoms with van der Waals surface area (Å²) in [6.07, 6.45) is 2.71. The van der Waals surface area contributed by atoms with Crippen LogP contribution in [0.25, 0.3) is 0 Å². The summed E-state index contributed by atoms with van der Waals surface area (Å²) in [5, 5.41) is 4.20. The Morgan fingerprint density at radius 1 is 1.14 bits per heavy atom. The predicted octanol–water partition coefficient (Wildman–Crippen LogP) is 1.77. The molecule has 0 radical (unpaired) electrons. The van der Waals surface area contributed by atoms with Crippen molar-refractivity contribution in [1.82, 2.24) is 24.3 Å². The van der Waals surface area contributed by atoms with E-state index in [-0.39, 0.29) is 27.9 Å². The molecule has 1 aromatic heterocycles. The molecule has 0 bridgehead atoms. The fraction of sp³-hybridized carbons (Fsp3) is 0.789. The third-order valence-corrected chi connectivity index (χ3v) is 8.34. The van der Waals surface area contributed by atoms with Gasteiger partial charge in [0.2, 0.25) is 15.9 Å².